The number of nitrogens with two attached hydrogens (primary N) is 1. The summed E-state index contributed by atoms with van der Waals surface area (Å²) < 4.78 is 0. The van der Waals surface area contributed by atoms with Crippen molar-refractivity contribution < 1.29 is 0 Å². The lowest BCUT2D eigenvalue weighted by molar-refractivity contribution is 0.644. The second kappa shape index (κ2) is 4.37. The van der Waals surface area contributed by atoms with Crippen LogP contribution in [0.15, 0.2) is 42.5 Å². The van der Waals surface area contributed by atoms with Gasteiger partial charge < -0.3 is 10.7 Å². The number of halogens is 1. The molecule has 0 saturated heterocycles. The van der Waals surface area contributed by atoms with Crippen molar-refractivity contribution in [2.75, 3.05) is 0 Å². The highest BCUT2D eigenvalue weighted by Crippen LogP contribution is 2.42. The summed E-state index contributed by atoms with van der Waals surface area (Å²) in [5, 5.41) is 2.01. The molecule has 1 aromatic heterocycles. The topological polar surface area (TPSA) is 41.8 Å². The van der Waals surface area contributed by atoms with E-state index in [1.165, 1.54) is 22.2 Å². The fourth-order valence-electron chi connectivity index (χ4n) is 3.27. The van der Waals surface area contributed by atoms with Crippen molar-refractivity contribution in [3.63, 3.8) is 0 Å². The normalized spacial score (nSPS) is 17.6. The van der Waals surface area contributed by atoms with E-state index in [2.05, 4.69) is 35.3 Å². The molecule has 1 aliphatic carbocycles. The lowest BCUT2D eigenvalue weighted by Gasteiger charge is -2.21. The van der Waals surface area contributed by atoms with Gasteiger partial charge in [-0.05, 0) is 41.7 Å². The Kier molecular flexibility index (Phi) is 2.62. The molecule has 3 aromatic rings. The van der Waals surface area contributed by atoms with E-state index < -0.39 is 0 Å². The zero-order chi connectivity index (χ0) is 13.7. The van der Waals surface area contributed by atoms with Gasteiger partial charge in [0.1, 0.15) is 0 Å². The summed E-state index contributed by atoms with van der Waals surface area (Å²) in [5.74, 6) is 0. The van der Waals surface area contributed by atoms with Crippen LogP contribution in [-0.4, -0.2) is 4.98 Å². The zero-order valence-corrected chi connectivity index (χ0v) is 11.7. The first kappa shape index (κ1) is 12.0. The molecule has 3 heteroatoms. The third-order valence-corrected chi connectivity index (χ3v) is 4.52. The second-order valence-electron chi connectivity index (χ2n) is 5.37. The van der Waals surface area contributed by atoms with Gasteiger partial charge in [0.2, 0.25) is 0 Å². The highest BCUT2D eigenvalue weighted by molar-refractivity contribution is 6.32. The summed E-state index contributed by atoms with van der Waals surface area (Å²) in [5.41, 5.74) is 12.3. The van der Waals surface area contributed by atoms with Gasteiger partial charge in [-0.3, -0.25) is 0 Å². The molecule has 0 saturated carbocycles. The molecule has 100 valence electrons. The van der Waals surface area contributed by atoms with E-state index in [1.807, 2.05) is 12.1 Å². The summed E-state index contributed by atoms with van der Waals surface area (Å²) in [6.07, 6.45) is 1.95. The van der Waals surface area contributed by atoms with Gasteiger partial charge in [-0.1, -0.05) is 41.9 Å². The number of rotatable bonds is 1. The van der Waals surface area contributed by atoms with Crippen LogP contribution in [0.5, 0.6) is 0 Å². The Hall–Kier alpha value is -1.77. The van der Waals surface area contributed by atoms with Crippen LogP contribution in [0.3, 0.4) is 0 Å². The zero-order valence-electron chi connectivity index (χ0n) is 11.0. The fraction of sp³-hybridized carbons (Fsp3) is 0.176. The maximum atomic E-state index is 6.37. The van der Waals surface area contributed by atoms with Crippen LogP contribution in [0.2, 0.25) is 5.02 Å². The first-order chi connectivity index (χ1) is 9.75. The fourth-order valence-corrected chi connectivity index (χ4v) is 3.56. The highest BCUT2D eigenvalue weighted by atomic mass is 35.5. The second-order valence-corrected chi connectivity index (χ2v) is 5.78. The van der Waals surface area contributed by atoms with Gasteiger partial charge >= 0.3 is 0 Å². The molecule has 1 atom stereocenters. The lowest BCUT2D eigenvalue weighted by Crippen LogP contribution is -2.16. The molecule has 2 nitrogen and oxygen atoms in total. The van der Waals surface area contributed by atoms with Crippen molar-refractivity contribution in [2.45, 2.75) is 18.9 Å². The maximum Gasteiger partial charge on any atom is 0.0497 e. The van der Waals surface area contributed by atoms with E-state index in [4.69, 9.17) is 17.3 Å². The number of benzene rings is 2. The molecule has 0 spiro atoms. The van der Waals surface area contributed by atoms with Crippen molar-refractivity contribution in [3.05, 3.63) is 58.6 Å². The van der Waals surface area contributed by atoms with E-state index in [1.54, 1.807) is 0 Å². The molecule has 3 N–H and O–H groups in total. The molecule has 20 heavy (non-hydrogen) atoms. The summed E-state index contributed by atoms with van der Waals surface area (Å²) >= 11 is 6.37. The average Bonchev–Trinajstić information content (AvgIpc) is 2.85. The first-order valence-electron chi connectivity index (χ1n) is 6.89. The minimum atomic E-state index is 0.0399. The van der Waals surface area contributed by atoms with Crippen molar-refractivity contribution in [1.29, 1.82) is 0 Å². The van der Waals surface area contributed by atoms with Gasteiger partial charge in [0.25, 0.3) is 0 Å². The average molecular weight is 283 g/mol. The first-order valence-corrected chi connectivity index (χ1v) is 7.27. The van der Waals surface area contributed by atoms with Gasteiger partial charge in [0.15, 0.2) is 0 Å². The van der Waals surface area contributed by atoms with Gasteiger partial charge in [-0.25, -0.2) is 0 Å². The number of hydrogen-bond donors (Lipinski definition) is 2. The standard InChI is InChI=1S/C17H15ClN2/c18-12-7-9-14-15-11(6-8-13(19)16(12)15)17(20-14)10-4-2-1-3-5-10/h1-5,7,9,13,20H,6,8,19H2. The van der Waals surface area contributed by atoms with Crippen molar-refractivity contribution in [3.8, 4) is 11.3 Å². The van der Waals surface area contributed by atoms with Crippen molar-refractivity contribution >= 4 is 22.5 Å². The van der Waals surface area contributed by atoms with E-state index in [9.17, 15) is 0 Å². The predicted molar refractivity (Wildman–Crippen MR) is 84.0 cm³/mol. The Bertz CT molecular complexity index is 790. The van der Waals surface area contributed by atoms with Crippen LogP contribution in [-0.2, 0) is 6.42 Å². The summed E-state index contributed by atoms with van der Waals surface area (Å²) in [6, 6.07) is 14.5. The number of aryl methyl sites for hydroxylation is 1. The maximum absolute atomic E-state index is 6.37. The molecule has 0 bridgehead atoms. The van der Waals surface area contributed by atoms with Crippen LogP contribution in [0.25, 0.3) is 22.2 Å². The minimum Gasteiger partial charge on any atom is -0.354 e. The van der Waals surface area contributed by atoms with Gasteiger partial charge in [0, 0.05) is 27.7 Å². The molecule has 0 fully saturated rings. The van der Waals surface area contributed by atoms with Crippen molar-refractivity contribution in [1.82, 2.24) is 4.98 Å². The van der Waals surface area contributed by atoms with Crippen LogP contribution >= 0.6 is 11.6 Å². The molecule has 0 aliphatic heterocycles. The molecule has 1 aliphatic rings. The number of H-pyrrole nitrogens is 1. The van der Waals surface area contributed by atoms with Crippen LogP contribution < -0.4 is 5.73 Å². The Morgan fingerprint density at radius 3 is 2.70 bits per heavy atom. The van der Waals surface area contributed by atoms with Crippen LogP contribution in [0.4, 0.5) is 0 Å². The Labute approximate surface area is 122 Å². The van der Waals surface area contributed by atoms with Crippen LogP contribution in [0, 0.1) is 0 Å². The van der Waals surface area contributed by atoms with Gasteiger partial charge in [-0.15, -0.1) is 0 Å². The predicted octanol–water partition coefficient (Wildman–Crippen LogP) is 4.43. The van der Waals surface area contributed by atoms with Gasteiger partial charge in [0.05, 0.1) is 0 Å². The Morgan fingerprint density at radius 2 is 1.90 bits per heavy atom. The molecule has 4 rings (SSSR count). The van der Waals surface area contributed by atoms with E-state index >= 15 is 0 Å². The monoisotopic (exact) mass is 282 g/mol. The smallest absolute Gasteiger partial charge is 0.0497 e. The van der Waals surface area contributed by atoms with Gasteiger partial charge in [-0.2, -0.15) is 0 Å². The summed E-state index contributed by atoms with van der Waals surface area (Å²) in [7, 11) is 0. The molecule has 2 aromatic carbocycles. The van der Waals surface area contributed by atoms with Crippen LogP contribution in [0.1, 0.15) is 23.6 Å². The minimum absolute atomic E-state index is 0.0399. The Morgan fingerprint density at radius 1 is 1.10 bits per heavy atom. The summed E-state index contributed by atoms with van der Waals surface area (Å²) in [4.78, 5) is 3.55. The molecule has 0 radical (unpaired) electrons. The molecular weight excluding hydrogens is 268 g/mol. The third kappa shape index (κ3) is 1.62. The molecule has 0 amide bonds. The molecular formula is C17H15ClN2. The lowest BCUT2D eigenvalue weighted by atomic mass is 9.87. The number of hydrogen-bond acceptors (Lipinski definition) is 1. The molecule has 1 unspecified atom stereocenters. The van der Waals surface area contributed by atoms with E-state index in [0.717, 1.165) is 28.9 Å². The molecule has 1 heterocycles. The van der Waals surface area contributed by atoms with E-state index in [-0.39, 0.29) is 6.04 Å². The third-order valence-electron chi connectivity index (χ3n) is 4.19. The largest absolute Gasteiger partial charge is 0.354 e. The highest BCUT2D eigenvalue weighted by Gasteiger charge is 2.25. The number of nitrogens with one attached hydrogen (secondary N) is 1. The SMILES string of the molecule is NC1CCc2c(-c3ccccc3)[nH]c3ccc(Cl)c1c23. The summed E-state index contributed by atoms with van der Waals surface area (Å²) in [6.45, 7) is 0. The van der Waals surface area contributed by atoms with Crippen molar-refractivity contribution in [2.24, 2.45) is 5.73 Å². The van der Waals surface area contributed by atoms with E-state index in [0.29, 0.717) is 0 Å². The quantitative estimate of drug-likeness (QED) is 0.681. The number of aromatic nitrogens is 1. The Balaban J connectivity index is 2.08. The number of aromatic amines is 1.